The summed E-state index contributed by atoms with van der Waals surface area (Å²) in [4.78, 5) is 24.8. The van der Waals surface area contributed by atoms with Gasteiger partial charge in [-0.15, -0.1) is 0 Å². The molecular formula is C22H28N2O5. The number of amides is 1. The zero-order valence-electron chi connectivity index (χ0n) is 17.6. The third-order valence-electron chi connectivity index (χ3n) is 4.69. The molecule has 0 radical (unpaired) electrons. The number of rotatable bonds is 8. The summed E-state index contributed by atoms with van der Waals surface area (Å²) in [5.74, 6) is -0.830. The van der Waals surface area contributed by atoms with Gasteiger partial charge in [-0.25, -0.2) is 4.79 Å². The van der Waals surface area contributed by atoms with E-state index in [1.54, 1.807) is 20.8 Å². The minimum atomic E-state index is -0.544. The first-order chi connectivity index (χ1) is 13.8. The highest BCUT2D eigenvalue weighted by molar-refractivity contribution is 6.07. The van der Waals surface area contributed by atoms with Gasteiger partial charge in [-0.2, -0.15) is 4.73 Å². The Kier molecular flexibility index (Phi) is 7.59. The van der Waals surface area contributed by atoms with Crippen LogP contribution in [-0.4, -0.2) is 25.1 Å². The van der Waals surface area contributed by atoms with Crippen LogP contribution in [0.1, 0.15) is 53.6 Å². The molecule has 0 unspecified atom stereocenters. The van der Waals surface area contributed by atoms with Gasteiger partial charge < -0.3 is 20.0 Å². The van der Waals surface area contributed by atoms with E-state index in [4.69, 9.17) is 9.47 Å². The molecule has 0 atom stereocenters. The summed E-state index contributed by atoms with van der Waals surface area (Å²) in [6.07, 6.45) is 1.51. The molecule has 2 rings (SSSR count). The van der Waals surface area contributed by atoms with E-state index in [0.29, 0.717) is 10.4 Å². The molecule has 1 aromatic heterocycles. The van der Waals surface area contributed by atoms with Gasteiger partial charge in [0, 0.05) is 25.6 Å². The summed E-state index contributed by atoms with van der Waals surface area (Å²) in [6, 6.07) is 7.34. The largest absolute Gasteiger partial charge is 0.618 e. The quantitative estimate of drug-likeness (QED) is 0.417. The summed E-state index contributed by atoms with van der Waals surface area (Å²) in [5, 5.41) is 15.3. The molecule has 7 heteroatoms. The van der Waals surface area contributed by atoms with E-state index in [0.717, 1.165) is 29.7 Å². The van der Waals surface area contributed by atoms with E-state index >= 15 is 0 Å². The molecule has 0 saturated carbocycles. The van der Waals surface area contributed by atoms with Gasteiger partial charge in [-0.05, 0) is 30.9 Å². The predicted molar refractivity (Wildman–Crippen MR) is 110 cm³/mol. The van der Waals surface area contributed by atoms with Gasteiger partial charge in [0.15, 0.2) is 12.3 Å². The summed E-state index contributed by atoms with van der Waals surface area (Å²) in [7, 11) is 0. The van der Waals surface area contributed by atoms with Gasteiger partial charge in [0.25, 0.3) is 5.91 Å². The lowest BCUT2D eigenvalue weighted by Crippen LogP contribution is -2.37. The second-order valence-electron chi connectivity index (χ2n) is 6.61. The molecule has 1 amide bonds. The predicted octanol–water partition coefficient (Wildman–Crippen LogP) is 3.26. The van der Waals surface area contributed by atoms with Crippen molar-refractivity contribution in [1.82, 2.24) is 0 Å². The number of ether oxygens (including phenoxy) is 2. The number of para-hydroxylation sites is 1. The first kappa shape index (κ1) is 22.2. The van der Waals surface area contributed by atoms with Gasteiger partial charge >= 0.3 is 5.97 Å². The number of aryl methyl sites for hydroxylation is 3. The zero-order chi connectivity index (χ0) is 21.6. The number of esters is 1. The molecule has 0 spiro atoms. The molecule has 1 aromatic carbocycles. The van der Waals surface area contributed by atoms with Crippen molar-refractivity contribution in [3.8, 4) is 5.75 Å². The lowest BCUT2D eigenvalue weighted by atomic mass is 10.0. The van der Waals surface area contributed by atoms with E-state index in [-0.39, 0.29) is 30.2 Å². The molecule has 0 aliphatic carbocycles. The summed E-state index contributed by atoms with van der Waals surface area (Å²) in [5.41, 5.74) is 3.42. The van der Waals surface area contributed by atoms with Gasteiger partial charge in [0.2, 0.25) is 5.69 Å². The van der Waals surface area contributed by atoms with Crippen LogP contribution in [0.4, 0.5) is 5.69 Å². The van der Waals surface area contributed by atoms with Crippen LogP contribution in [0, 0.1) is 19.1 Å². The molecule has 0 aliphatic rings. The first-order valence-corrected chi connectivity index (χ1v) is 9.78. The lowest BCUT2D eigenvalue weighted by molar-refractivity contribution is -0.619. The van der Waals surface area contributed by atoms with Crippen LogP contribution >= 0.6 is 0 Å². The van der Waals surface area contributed by atoms with Crippen molar-refractivity contribution in [2.45, 2.75) is 47.5 Å². The van der Waals surface area contributed by atoms with Crippen molar-refractivity contribution in [3.05, 3.63) is 57.6 Å². The average Bonchev–Trinajstić information content (AvgIpc) is 2.70. The van der Waals surface area contributed by atoms with Crippen molar-refractivity contribution >= 4 is 17.6 Å². The number of anilines is 1. The molecule has 2 aromatic rings. The molecule has 7 nitrogen and oxygen atoms in total. The zero-order valence-corrected chi connectivity index (χ0v) is 17.6. The number of nitrogens with zero attached hydrogens (tertiary/aromatic N) is 1. The second kappa shape index (κ2) is 9.91. The maximum Gasteiger partial charge on any atom is 0.344 e. The van der Waals surface area contributed by atoms with Crippen molar-refractivity contribution in [1.29, 1.82) is 0 Å². The maximum absolute atomic E-state index is 13.2. The van der Waals surface area contributed by atoms with E-state index in [9.17, 15) is 14.8 Å². The number of benzene rings is 1. The molecule has 0 aliphatic heterocycles. The van der Waals surface area contributed by atoms with Crippen LogP contribution in [-0.2, 0) is 22.4 Å². The Morgan fingerprint density at radius 3 is 2.28 bits per heavy atom. The highest BCUT2D eigenvalue weighted by Gasteiger charge is 2.26. The lowest BCUT2D eigenvalue weighted by Gasteiger charge is -2.17. The van der Waals surface area contributed by atoms with Crippen LogP contribution in [0.15, 0.2) is 24.3 Å². The minimum Gasteiger partial charge on any atom is -0.618 e. The Morgan fingerprint density at radius 1 is 1.10 bits per heavy atom. The SMILES string of the molecule is CCOC(=O)COc1cc(C)[n+]([O-])c(C)c1C(=O)Nc1c(CC)cccc1CC. The Morgan fingerprint density at radius 2 is 1.72 bits per heavy atom. The molecule has 29 heavy (non-hydrogen) atoms. The average molecular weight is 400 g/mol. The van der Waals surface area contributed by atoms with Gasteiger partial charge in [0.1, 0.15) is 11.3 Å². The fraction of sp³-hybridized carbons (Fsp3) is 0.409. The smallest absolute Gasteiger partial charge is 0.344 e. The second-order valence-corrected chi connectivity index (χ2v) is 6.61. The molecule has 1 N–H and O–H groups in total. The number of carbonyl (C=O) groups excluding carboxylic acids is 2. The third kappa shape index (κ3) is 5.04. The summed E-state index contributed by atoms with van der Waals surface area (Å²) >= 11 is 0. The van der Waals surface area contributed by atoms with E-state index in [2.05, 4.69) is 5.32 Å². The molecule has 1 heterocycles. The highest BCUT2D eigenvalue weighted by Crippen LogP contribution is 2.27. The molecule has 0 saturated heterocycles. The van der Waals surface area contributed by atoms with E-state index in [1.165, 1.54) is 6.07 Å². The van der Waals surface area contributed by atoms with Crippen LogP contribution in [0.2, 0.25) is 0 Å². The molecule has 0 bridgehead atoms. The number of carbonyl (C=O) groups is 2. The number of hydrogen-bond donors (Lipinski definition) is 1. The molecule has 156 valence electrons. The van der Waals surface area contributed by atoms with Gasteiger partial charge in [-0.1, -0.05) is 32.0 Å². The Balaban J connectivity index is 2.44. The maximum atomic E-state index is 13.2. The summed E-state index contributed by atoms with van der Waals surface area (Å²) < 4.78 is 11.1. The van der Waals surface area contributed by atoms with Crippen molar-refractivity contribution in [3.63, 3.8) is 0 Å². The van der Waals surface area contributed by atoms with E-state index < -0.39 is 11.9 Å². The van der Waals surface area contributed by atoms with Crippen LogP contribution in [0.25, 0.3) is 0 Å². The molecule has 0 fully saturated rings. The van der Waals surface area contributed by atoms with Gasteiger partial charge in [0.05, 0.1) is 6.61 Å². The fourth-order valence-corrected chi connectivity index (χ4v) is 3.17. The standard InChI is InChI=1S/C22H28N2O5/c1-6-16-10-9-11-17(7-2)21(16)23-22(26)20-15(5)24(27)14(4)12-18(20)29-13-19(25)28-8-3/h9-12H,6-8,13H2,1-5H3,(H,23,26). The number of aromatic nitrogens is 1. The fourth-order valence-electron chi connectivity index (χ4n) is 3.17. The minimum absolute atomic E-state index is 0.0999. The number of nitrogens with one attached hydrogen (secondary N) is 1. The van der Waals surface area contributed by atoms with Crippen molar-refractivity contribution < 1.29 is 23.8 Å². The first-order valence-electron chi connectivity index (χ1n) is 9.78. The van der Waals surface area contributed by atoms with Crippen molar-refractivity contribution in [2.75, 3.05) is 18.5 Å². The molecular weight excluding hydrogens is 372 g/mol. The van der Waals surface area contributed by atoms with Gasteiger partial charge in [-0.3, -0.25) is 4.79 Å². The Labute approximate surface area is 171 Å². The van der Waals surface area contributed by atoms with Crippen molar-refractivity contribution in [2.24, 2.45) is 0 Å². The highest BCUT2D eigenvalue weighted by atomic mass is 16.6. The van der Waals surface area contributed by atoms with Crippen LogP contribution in [0.5, 0.6) is 5.75 Å². The third-order valence-corrected chi connectivity index (χ3v) is 4.69. The van der Waals surface area contributed by atoms with E-state index in [1.807, 2.05) is 32.0 Å². The topological polar surface area (TPSA) is 91.6 Å². The Bertz CT molecular complexity index is 886. The monoisotopic (exact) mass is 400 g/mol. The number of pyridine rings is 1. The summed E-state index contributed by atoms with van der Waals surface area (Å²) in [6.45, 7) is 8.78. The van der Waals surface area contributed by atoms with Crippen LogP contribution in [0.3, 0.4) is 0 Å². The Hall–Kier alpha value is -3.09. The van der Waals surface area contributed by atoms with Crippen LogP contribution < -0.4 is 14.8 Å². The number of hydrogen-bond acceptors (Lipinski definition) is 5. The normalized spacial score (nSPS) is 10.5.